The number of amides is 1. The molecule has 2 aromatic rings. The molecule has 2 heterocycles. The van der Waals surface area contributed by atoms with E-state index in [2.05, 4.69) is 5.10 Å². The molecule has 24 heavy (non-hydrogen) atoms. The van der Waals surface area contributed by atoms with Gasteiger partial charge in [0.15, 0.2) is 5.12 Å². The lowest BCUT2D eigenvalue weighted by Gasteiger charge is -2.16. The number of para-hydroxylation sites is 1. The molecule has 1 saturated heterocycles. The van der Waals surface area contributed by atoms with Crippen LogP contribution in [0, 0.1) is 5.92 Å². The Balaban J connectivity index is 1.78. The van der Waals surface area contributed by atoms with E-state index < -0.39 is 0 Å². The van der Waals surface area contributed by atoms with Crippen molar-refractivity contribution in [1.29, 1.82) is 0 Å². The number of hydrogen-bond donors (Lipinski definition) is 0. The van der Waals surface area contributed by atoms with Crippen molar-refractivity contribution in [3.05, 3.63) is 52.9 Å². The molecule has 1 atom stereocenters. The van der Waals surface area contributed by atoms with E-state index in [-0.39, 0.29) is 22.5 Å². The maximum absolute atomic E-state index is 12.3. The summed E-state index contributed by atoms with van der Waals surface area (Å²) >= 11 is 1.23. The second kappa shape index (κ2) is 7.00. The van der Waals surface area contributed by atoms with Crippen LogP contribution in [0.3, 0.4) is 0 Å². The van der Waals surface area contributed by atoms with E-state index in [0.717, 1.165) is 0 Å². The fraction of sp³-hybridized carbons (Fsp3) is 0.294. The van der Waals surface area contributed by atoms with Gasteiger partial charge in [0.1, 0.15) is 0 Å². The number of thioether (sulfide) groups is 1. The van der Waals surface area contributed by atoms with Gasteiger partial charge < -0.3 is 4.90 Å². The highest BCUT2D eigenvalue weighted by molar-refractivity contribution is 8.13. The molecule has 0 aliphatic carbocycles. The standard InChI is InChI=1S/C17H17N3O3S/c1-12(21)24-11-13-7-16(22)19(10-13)15-8-17(23)20(18-9-15)14-5-3-2-4-6-14/h2-6,8-9,13H,7,10-11H2,1H3. The van der Waals surface area contributed by atoms with E-state index in [9.17, 15) is 14.4 Å². The van der Waals surface area contributed by atoms with Crippen LogP contribution in [0.5, 0.6) is 0 Å². The smallest absolute Gasteiger partial charge is 0.273 e. The van der Waals surface area contributed by atoms with Crippen LogP contribution in [-0.2, 0) is 9.59 Å². The van der Waals surface area contributed by atoms with Crippen LogP contribution in [0.2, 0.25) is 0 Å². The molecule has 0 saturated carbocycles. The molecule has 1 fully saturated rings. The Labute approximate surface area is 143 Å². The Bertz CT molecular complexity index is 819. The van der Waals surface area contributed by atoms with Gasteiger partial charge in [0.25, 0.3) is 5.56 Å². The van der Waals surface area contributed by atoms with Crippen molar-refractivity contribution < 1.29 is 9.59 Å². The lowest BCUT2D eigenvalue weighted by Crippen LogP contribution is -2.28. The Morgan fingerprint density at radius 3 is 2.67 bits per heavy atom. The molecule has 0 bridgehead atoms. The van der Waals surface area contributed by atoms with Gasteiger partial charge in [-0.05, 0) is 18.1 Å². The maximum Gasteiger partial charge on any atom is 0.273 e. The molecular formula is C17H17N3O3S. The Morgan fingerprint density at radius 2 is 2.00 bits per heavy atom. The van der Waals surface area contributed by atoms with Crippen LogP contribution < -0.4 is 10.5 Å². The number of carbonyl (C=O) groups is 2. The van der Waals surface area contributed by atoms with Gasteiger partial charge >= 0.3 is 0 Å². The summed E-state index contributed by atoms with van der Waals surface area (Å²) in [7, 11) is 0. The Kier molecular flexibility index (Phi) is 4.80. The SMILES string of the molecule is CC(=O)SCC1CC(=O)N(c2cnn(-c3ccccc3)c(=O)c2)C1. The highest BCUT2D eigenvalue weighted by atomic mass is 32.2. The summed E-state index contributed by atoms with van der Waals surface area (Å²) in [6.07, 6.45) is 1.93. The van der Waals surface area contributed by atoms with Crippen molar-refractivity contribution in [2.24, 2.45) is 5.92 Å². The lowest BCUT2D eigenvalue weighted by atomic mass is 10.1. The van der Waals surface area contributed by atoms with E-state index in [4.69, 9.17) is 0 Å². The Morgan fingerprint density at radius 1 is 1.25 bits per heavy atom. The van der Waals surface area contributed by atoms with Crippen LogP contribution in [0.1, 0.15) is 13.3 Å². The minimum Gasteiger partial charge on any atom is -0.310 e. The lowest BCUT2D eigenvalue weighted by molar-refractivity contribution is -0.117. The first-order valence-corrected chi connectivity index (χ1v) is 8.61. The van der Waals surface area contributed by atoms with Gasteiger partial charge in [0, 0.05) is 31.7 Å². The van der Waals surface area contributed by atoms with Crippen LogP contribution in [0.4, 0.5) is 5.69 Å². The van der Waals surface area contributed by atoms with Crippen molar-refractivity contribution in [3.63, 3.8) is 0 Å². The molecule has 0 radical (unpaired) electrons. The third-order valence-corrected chi connectivity index (χ3v) is 4.87. The van der Waals surface area contributed by atoms with E-state index in [1.807, 2.05) is 18.2 Å². The largest absolute Gasteiger partial charge is 0.310 e. The molecule has 1 aliphatic heterocycles. The van der Waals surface area contributed by atoms with Crippen LogP contribution in [0.15, 0.2) is 47.4 Å². The van der Waals surface area contributed by atoms with Gasteiger partial charge in [-0.15, -0.1) is 0 Å². The number of aromatic nitrogens is 2. The van der Waals surface area contributed by atoms with E-state index >= 15 is 0 Å². The second-order valence-corrected chi connectivity index (χ2v) is 6.87. The molecule has 6 nitrogen and oxygen atoms in total. The summed E-state index contributed by atoms with van der Waals surface area (Å²) < 4.78 is 1.30. The average molecular weight is 343 g/mol. The normalized spacial score (nSPS) is 17.3. The van der Waals surface area contributed by atoms with Gasteiger partial charge in [-0.2, -0.15) is 9.78 Å². The molecule has 1 aromatic carbocycles. The van der Waals surface area contributed by atoms with Gasteiger partial charge in [0.2, 0.25) is 5.91 Å². The zero-order valence-corrected chi connectivity index (χ0v) is 14.0. The highest BCUT2D eigenvalue weighted by Gasteiger charge is 2.31. The monoisotopic (exact) mass is 343 g/mol. The summed E-state index contributed by atoms with van der Waals surface area (Å²) in [5.74, 6) is 0.692. The number of rotatable bonds is 4. The molecule has 1 aliphatic rings. The van der Waals surface area contributed by atoms with Crippen molar-refractivity contribution in [2.75, 3.05) is 17.2 Å². The van der Waals surface area contributed by atoms with Gasteiger partial charge in [0.05, 0.1) is 17.6 Å². The first-order valence-electron chi connectivity index (χ1n) is 7.63. The molecule has 7 heteroatoms. The zero-order chi connectivity index (χ0) is 17.1. The topological polar surface area (TPSA) is 72.3 Å². The predicted octanol–water partition coefficient (Wildman–Crippen LogP) is 1.87. The van der Waals surface area contributed by atoms with Crippen molar-refractivity contribution in [1.82, 2.24) is 9.78 Å². The van der Waals surface area contributed by atoms with Crippen molar-refractivity contribution >= 4 is 28.5 Å². The average Bonchev–Trinajstić information content (AvgIpc) is 2.94. The third-order valence-electron chi connectivity index (χ3n) is 3.83. The quantitative estimate of drug-likeness (QED) is 0.847. The van der Waals surface area contributed by atoms with Crippen LogP contribution >= 0.6 is 11.8 Å². The van der Waals surface area contributed by atoms with Gasteiger partial charge in [-0.25, -0.2) is 0 Å². The fourth-order valence-corrected chi connectivity index (χ4v) is 3.38. The van der Waals surface area contributed by atoms with E-state index in [0.29, 0.717) is 30.1 Å². The first-order chi connectivity index (χ1) is 11.5. The summed E-state index contributed by atoms with van der Waals surface area (Å²) in [4.78, 5) is 37.1. The summed E-state index contributed by atoms with van der Waals surface area (Å²) in [6, 6.07) is 10.6. The third kappa shape index (κ3) is 3.56. The van der Waals surface area contributed by atoms with Gasteiger partial charge in [-0.1, -0.05) is 30.0 Å². The number of benzene rings is 1. The maximum atomic E-state index is 12.3. The summed E-state index contributed by atoms with van der Waals surface area (Å²) in [5.41, 5.74) is 0.901. The fourth-order valence-electron chi connectivity index (χ4n) is 2.69. The van der Waals surface area contributed by atoms with E-state index in [1.54, 1.807) is 17.0 Å². The summed E-state index contributed by atoms with van der Waals surface area (Å²) in [5, 5.41) is 4.23. The summed E-state index contributed by atoms with van der Waals surface area (Å²) in [6.45, 7) is 2.03. The van der Waals surface area contributed by atoms with Crippen LogP contribution in [-0.4, -0.2) is 33.1 Å². The Hall–Kier alpha value is -2.41. The molecular weight excluding hydrogens is 326 g/mol. The molecule has 0 N–H and O–H groups in total. The minimum absolute atomic E-state index is 0.0391. The van der Waals surface area contributed by atoms with Crippen molar-refractivity contribution in [2.45, 2.75) is 13.3 Å². The number of anilines is 1. The minimum atomic E-state index is -0.284. The van der Waals surface area contributed by atoms with E-state index in [1.165, 1.54) is 35.6 Å². The predicted molar refractivity (Wildman–Crippen MR) is 93.4 cm³/mol. The number of hydrogen-bond acceptors (Lipinski definition) is 5. The number of nitrogens with zero attached hydrogens (tertiary/aromatic N) is 3. The second-order valence-electron chi connectivity index (χ2n) is 5.68. The molecule has 124 valence electrons. The molecule has 0 spiro atoms. The van der Waals surface area contributed by atoms with Crippen molar-refractivity contribution in [3.8, 4) is 5.69 Å². The van der Waals surface area contributed by atoms with Crippen LogP contribution in [0.25, 0.3) is 5.69 Å². The molecule has 1 amide bonds. The van der Waals surface area contributed by atoms with Gasteiger partial charge in [-0.3, -0.25) is 14.4 Å². The first kappa shape index (κ1) is 16.4. The molecule has 1 aromatic heterocycles. The highest BCUT2D eigenvalue weighted by Crippen LogP contribution is 2.26. The molecule has 1 unspecified atom stereocenters. The zero-order valence-electron chi connectivity index (χ0n) is 13.2. The number of carbonyl (C=O) groups excluding carboxylic acids is 2. The molecule has 3 rings (SSSR count).